The van der Waals surface area contributed by atoms with Gasteiger partial charge in [0.15, 0.2) is 0 Å². The summed E-state index contributed by atoms with van der Waals surface area (Å²) in [6.45, 7) is 4.31. The number of rotatable bonds is 7. The molecular weight excluding hydrogens is 442 g/mol. The number of anilines is 1. The van der Waals surface area contributed by atoms with Crippen LogP contribution in [0.25, 0.3) is 21.8 Å². The lowest BCUT2D eigenvalue weighted by atomic mass is 9.83. The third kappa shape index (κ3) is 3.88. The fourth-order valence-corrected chi connectivity index (χ4v) is 5.67. The van der Waals surface area contributed by atoms with Gasteiger partial charge in [-0.3, -0.25) is 4.72 Å². The van der Waals surface area contributed by atoms with Crippen LogP contribution in [0.2, 0.25) is 0 Å². The molecule has 0 bridgehead atoms. The topological polar surface area (TPSA) is 77.8 Å². The minimum Gasteiger partial charge on any atom is -0.361 e. The SMILES string of the molecule is CCc1cccc2c(C(c3ccccc3NS(C)(=O)=O)c3c[nH]c4c(CC)cccc34)c[nH]c12. The molecule has 0 saturated carbocycles. The van der Waals surface area contributed by atoms with E-state index in [2.05, 4.69) is 77.3 Å². The average molecular weight is 472 g/mol. The number of H-pyrrole nitrogens is 2. The standard InChI is InChI=1S/C28H29N3O2S/c1-4-18-10-8-13-20-23(16-29-27(18)20)26(22-12-6-7-15-25(22)31-34(3,32)33)24-17-30-28-19(5-2)11-9-14-21(24)28/h6-17,26,29-31H,4-5H2,1-3H3. The monoisotopic (exact) mass is 471 g/mol. The number of sulfonamides is 1. The van der Waals surface area contributed by atoms with Crippen LogP contribution in [0.15, 0.2) is 73.1 Å². The molecule has 2 heterocycles. The second-order valence-electron chi connectivity index (χ2n) is 8.77. The van der Waals surface area contributed by atoms with Crippen molar-refractivity contribution in [1.82, 2.24) is 9.97 Å². The second-order valence-corrected chi connectivity index (χ2v) is 10.5. The Morgan fingerprint density at radius 3 is 1.76 bits per heavy atom. The Morgan fingerprint density at radius 1 is 0.735 bits per heavy atom. The highest BCUT2D eigenvalue weighted by molar-refractivity contribution is 7.92. The predicted octanol–water partition coefficient (Wildman–Crippen LogP) is 6.33. The summed E-state index contributed by atoms with van der Waals surface area (Å²) in [6, 6.07) is 20.5. The van der Waals surface area contributed by atoms with Crippen molar-refractivity contribution in [3.8, 4) is 0 Å². The summed E-state index contributed by atoms with van der Waals surface area (Å²) in [5.74, 6) is -0.174. The normalized spacial score (nSPS) is 12.1. The van der Waals surface area contributed by atoms with Crippen molar-refractivity contribution in [3.05, 3.63) is 101 Å². The molecule has 0 spiro atoms. The summed E-state index contributed by atoms with van der Waals surface area (Å²) < 4.78 is 27.2. The zero-order valence-electron chi connectivity index (χ0n) is 19.6. The molecule has 0 fully saturated rings. The maximum atomic E-state index is 12.2. The molecule has 0 unspecified atom stereocenters. The van der Waals surface area contributed by atoms with E-state index in [1.54, 1.807) is 0 Å². The number of aromatic amines is 2. The van der Waals surface area contributed by atoms with Crippen LogP contribution in [0, 0.1) is 0 Å². The van der Waals surface area contributed by atoms with Crippen molar-refractivity contribution in [3.63, 3.8) is 0 Å². The van der Waals surface area contributed by atoms with Crippen molar-refractivity contribution in [2.24, 2.45) is 0 Å². The van der Waals surface area contributed by atoms with Crippen molar-refractivity contribution in [2.45, 2.75) is 32.6 Å². The van der Waals surface area contributed by atoms with Crippen LogP contribution in [-0.4, -0.2) is 24.6 Å². The van der Waals surface area contributed by atoms with Gasteiger partial charge in [0.05, 0.1) is 11.9 Å². The highest BCUT2D eigenvalue weighted by atomic mass is 32.2. The van der Waals surface area contributed by atoms with Gasteiger partial charge in [-0.05, 0) is 46.7 Å². The molecule has 3 N–H and O–H groups in total. The van der Waals surface area contributed by atoms with E-state index in [4.69, 9.17) is 0 Å². The van der Waals surface area contributed by atoms with Crippen LogP contribution in [0.1, 0.15) is 47.6 Å². The zero-order chi connectivity index (χ0) is 23.9. The lowest BCUT2D eigenvalue weighted by Gasteiger charge is -2.21. The van der Waals surface area contributed by atoms with E-state index in [0.29, 0.717) is 5.69 Å². The van der Waals surface area contributed by atoms with Gasteiger partial charge in [-0.1, -0.05) is 68.4 Å². The summed E-state index contributed by atoms with van der Waals surface area (Å²) >= 11 is 0. The fraction of sp³-hybridized carbons (Fsp3) is 0.214. The number of nitrogens with one attached hydrogen (secondary N) is 3. The summed E-state index contributed by atoms with van der Waals surface area (Å²) in [4.78, 5) is 7.02. The van der Waals surface area contributed by atoms with E-state index in [1.807, 2.05) is 24.3 Å². The van der Waals surface area contributed by atoms with Crippen molar-refractivity contribution >= 4 is 37.5 Å². The van der Waals surface area contributed by atoms with Crippen molar-refractivity contribution < 1.29 is 8.42 Å². The Labute approximate surface area is 200 Å². The van der Waals surface area contributed by atoms with Crippen LogP contribution >= 0.6 is 0 Å². The first kappa shape index (κ1) is 22.3. The zero-order valence-corrected chi connectivity index (χ0v) is 20.5. The first-order valence-corrected chi connectivity index (χ1v) is 13.5. The summed E-state index contributed by atoms with van der Waals surface area (Å²) in [5, 5.41) is 2.30. The third-order valence-electron chi connectivity index (χ3n) is 6.62. The quantitative estimate of drug-likeness (QED) is 0.259. The number of para-hydroxylation sites is 3. The van der Waals surface area contributed by atoms with E-state index in [-0.39, 0.29) is 5.92 Å². The van der Waals surface area contributed by atoms with Crippen LogP contribution in [0.3, 0.4) is 0 Å². The Kier molecular flexibility index (Phi) is 5.70. The van der Waals surface area contributed by atoms with Gasteiger partial charge < -0.3 is 9.97 Å². The largest absolute Gasteiger partial charge is 0.361 e. The van der Waals surface area contributed by atoms with Gasteiger partial charge in [0.2, 0.25) is 10.0 Å². The molecule has 6 heteroatoms. The predicted molar refractivity (Wildman–Crippen MR) is 141 cm³/mol. The first-order valence-electron chi connectivity index (χ1n) is 11.7. The molecule has 5 nitrogen and oxygen atoms in total. The number of aromatic nitrogens is 2. The maximum absolute atomic E-state index is 12.2. The minimum atomic E-state index is -3.44. The molecule has 3 aromatic carbocycles. The van der Waals surface area contributed by atoms with E-state index >= 15 is 0 Å². The number of hydrogen-bond donors (Lipinski definition) is 3. The molecule has 0 aliphatic carbocycles. The van der Waals surface area contributed by atoms with Gasteiger partial charge in [0.25, 0.3) is 0 Å². The molecular formula is C28H29N3O2S. The Bertz CT molecular complexity index is 1510. The van der Waals surface area contributed by atoms with Crippen molar-refractivity contribution in [2.75, 3.05) is 11.0 Å². The maximum Gasteiger partial charge on any atom is 0.229 e. The molecule has 34 heavy (non-hydrogen) atoms. The molecule has 5 rings (SSSR count). The van der Waals surface area contributed by atoms with Crippen LogP contribution in [0.4, 0.5) is 5.69 Å². The van der Waals surface area contributed by atoms with E-state index < -0.39 is 10.0 Å². The molecule has 0 atom stereocenters. The van der Waals surface area contributed by atoms with Gasteiger partial charge >= 0.3 is 0 Å². The molecule has 0 aliphatic rings. The molecule has 0 aliphatic heterocycles. The molecule has 2 aromatic heterocycles. The van der Waals surface area contributed by atoms with Gasteiger partial charge in [0, 0.05) is 40.1 Å². The Balaban J connectivity index is 1.82. The highest BCUT2D eigenvalue weighted by Crippen LogP contribution is 2.43. The van der Waals surface area contributed by atoms with Crippen LogP contribution in [0.5, 0.6) is 0 Å². The number of benzene rings is 3. The lowest BCUT2D eigenvalue weighted by Crippen LogP contribution is -2.13. The number of hydrogen-bond acceptors (Lipinski definition) is 2. The van der Waals surface area contributed by atoms with E-state index in [9.17, 15) is 8.42 Å². The van der Waals surface area contributed by atoms with Crippen LogP contribution in [-0.2, 0) is 22.9 Å². The summed E-state index contributed by atoms with van der Waals surface area (Å²) in [5.41, 5.74) is 8.54. The molecule has 0 saturated heterocycles. The van der Waals surface area contributed by atoms with Crippen LogP contribution < -0.4 is 4.72 Å². The average Bonchev–Trinajstić information content (AvgIpc) is 3.44. The minimum absolute atomic E-state index is 0.174. The smallest absolute Gasteiger partial charge is 0.229 e. The first-order chi connectivity index (χ1) is 16.4. The fourth-order valence-electron chi connectivity index (χ4n) is 5.09. The van der Waals surface area contributed by atoms with Gasteiger partial charge in [0.1, 0.15) is 0 Å². The highest BCUT2D eigenvalue weighted by Gasteiger charge is 2.26. The van der Waals surface area contributed by atoms with E-state index in [1.165, 1.54) is 17.4 Å². The second kappa shape index (κ2) is 8.69. The summed E-state index contributed by atoms with van der Waals surface area (Å²) in [6.07, 6.45) is 7.21. The number of fused-ring (bicyclic) bond motifs is 2. The Hall–Kier alpha value is -3.51. The lowest BCUT2D eigenvalue weighted by molar-refractivity contribution is 0.606. The molecule has 0 amide bonds. The van der Waals surface area contributed by atoms with Gasteiger partial charge in [-0.2, -0.15) is 0 Å². The van der Waals surface area contributed by atoms with Crippen molar-refractivity contribution in [1.29, 1.82) is 0 Å². The molecule has 0 radical (unpaired) electrons. The third-order valence-corrected chi connectivity index (χ3v) is 7.21. The Morgan fingerprint density at radius 2 is 1.26 bits per heavy atom. The van der Waals surface area contributed by atoms with Gasteiger partial charge in [-0.25, -0.2) is 8.42 Å². The van der Waals surface area contributed by atoms with Gasteiger partial charge in [-0.15, -0.1) is 0 Å². The van der Waals surface area contributed by atoms with E-state index in [0.717, 1.165) is 51.3 Å². The molecule has 5 aromatic rings. The summed E-state index contributed by atoms with van der Waals surface area (Å²) in [7, 11) is -3.44. The molecule has 174 valence electrons. The number of aryl methyl sites for hydroxylation is 2.